The average Bonchev–Trinajstić information content (AvgIpc) is 2.94. The summed E-state index contributed by atoms with van der Waals surface area (Å²) < 4.78 is 2.34. The van der Waals surface area contributed by atoms with Crippen molar-refractivity contribution in [3.8, 4) is 11.4 Å². The highest BCUT2D eigenvalue weighted by Crippen LogP contribution is 2.28. The van der Waals surface area contributed by atoms with Gasteiger partial charge < -0.3 is 10.7 Å². The Morgan fingerprint density at radius 2 is 2.04 bits per heavy atom. The van der Waals surface area contributed by atoms with E-state index in [-0.39, 0.29) is 5.91 Å². The number of benzene rings is 1. The number of piperidine rings is 1. The molecule has 128 valence electrons. The van der Waals surface area contributed by atoms with Crippen LogP contribution >= 0.6 is 27.7 Å². The molecular weight excluding hydrogens is 390 g/mol. The van der Waals surface area contributed by atoms with Crippen LogP contribution in [-0.2, 0) is 4.79 Å². The van der Waals surface area contributed by atoms with E-state index in [1.165, 1.54) is 16.4 Å². The second-order valence-electron chi connectivity index (χ2n) is 6.01. The van der Waals surface area contributed by atoms with Crippen LogP contribution in [0.4, 0.5) is 0 Å². The molecule has 2 heterocycles. The van der Waals surface area contributed by atoms with Crippen LogP contribution in [0.5, 0.6) is 0 Å². The monoisotopic (exact) mass is 409 g/mol. The Hall–Kier alpha value is -1.54. The maximum atomic E-state index is 12.3. The van der Waals surface area contributed by atoms with Gasteiger partial charge in [0.15, 0.2) is 5.82 Å². The maximum Gasteiger partial charge on any atom is 0.233 e. The number of halogens is 1. The summed E-state index contributed by atoms with van der Waals surface area (Å²) in [6, 6.07) is 7.70. The standard InChI is InChI=1S/C16H20BrN5OS/c1-11-6-8-21(9-7-11)14(23)10-24-16-20-19-15(22(16)18)12-4-2-3-5-13(12)17/h2-5,11H,6-10,18H2,1H3. The lowest BCUT2D eigenvalue weighted by atomic mass is 9.99. The van der Waals surface area contributed by atoms with Gasteiger partial charge in [0.05, 0.1) is 5.75 Å². The third-order valence-corrected chi connectivity index (χ3v) is 5.86. The summed E-state index contributed by atoms with van der Waals surface area (Å²) in [6.45, 7) is 3.92. The van der Waals surface area contributed by atoms with Crippen LogP contribution in [0.25, 0.3) is 11.4 Å². The summed E-state index contributed by atoms with van der Waals surface area (Å²) in [5.74, 6) is 7.86. The molecule has 1 amide bonds. The van der Waals surface area contributed by atoms with Crippen molar-refractivity contribution in [1.82, 2.24) is 19.8 Å². The highest BCUT2D eigenvalue weighted by Gasteiger charge is 2.21. The number of carbonyl (C=O) groups excluding carboxylic acids is 1. The van der Waals surface area contributed by atoms with E-state index in [0.717, 1.165) is 36.0 Å². The first-order valence-electron chi connectivity index (χ1n) is 7.92. The van der Waals surface area contributed by atoms with Gasteiger partial charge in [-0.05, 0) is 30.9 Å². The number of aromatic nitrogens is 3. The Labute approximate surface area is 153 Å². The molecule has 8 heteroatoms. The van der Waals surface area contributed by atoms with E-state index in [1.807, 2.05) is 29.2 Å². The molecule has 0 unspecified atom stereocenters. The number of hydrogen-bond acceptors (Lipinski definition) is 5. The SMILES string of the molecule is CC1CCN(C(=O)CSc2nnc(-c3ccccc3Br)n2N)CC1. The van der Waals surface area contributed by atoms with Gasteiger partial charge in [-0.15, -0.1) is 10.2 Å². The van der Waals surface area contributed by atoms with E-state index < -0.39 is 0 Å². The van der Waals surface area contributed by atoms with E-state index in [4.69, 9.17) is 5.84 Å². The topological polar surface area (TPSA) is 77.0 Å². The van der Waals surface area contributed by atoms with Crippen LogP contribution < -0.4 is 5.84 Å². The second kappa shape index (κ2) is 7.57. The Balaban J connectivity index is 1.65. The number of nitrogen functional groups attached to an aromatic ring is 1. The predicted molar refractivity (Wildman–Crippen MR) is 99.0 cm³/mol. The first kappa shape index (κ1) is 17.3. The van der Waals surface area contributed by atoms with E-state index in [9.17, 15) is 4.79 Å². The zero-order valence-electron chi connectivity index (χ0n) is 13.5. The molecule has 0 spiro atoms. The van der Waals surface area contributed by atoms with Gasteiger partial charge in [0.1, 0.15) is 0 Å². The third kappa shape index (κ3) is 3.75. The van der Waals surface area contributed by atoms with Crippen molar-refractivity contribution in [2.24, 2.45) is 5.92 Å². The van der Waals surface area contributed by atoms with Gasteiger partial charge in [-0.2, -0.15) is 0 Å². The van der Waals surface area contributed by atoms with E-state index >= 15 is 0 Å². The van der Waals surface area contributed by atoms with Crippen molar-refractivity contribution >= 4 is 33.6 Å². The smallest absolute Gasteiger partial charge is 0.233 e. The molecule has 1 aliphatic rings. The van der Waals surface area contributed by atoms with E-state index in [0.29, 0.717) is 22.7 Å². The lowest BCUT2D eigenvalue weighted by Gasteiger charge is -2.30. The lowest BCUT2D eigenvalue weighted by Crippen LogP contribution is -2.39. The van der Waals surface area contributed by atoms with Crippen LogP contribution in [0.1, 0.15) is 19.8 Å². The molecule has 1 aromatic carbocycles. The van der Waals surface area contributed by atoms with Gasteiger partial charge in [-0.25, -0.2) is 4.68 Å². The van der Waals surface area contributed by atoms with Gasteiger partial charge in [-0.3, -0.25) is 4.79 Å². The molecule has 0 aliphatic carbocycles. The number of nitrogens with zero attached hydrogens (tertiary/aromatic N) is 4. The van der Waals surface area contributed by atoms with Crippen molar-refractivity contribution in [2.45, 2.75) is 24.9 Å². The minimum Gasteiger partial charge on any atom is -0.342 e. The van der Waals surface area contributed by atoms with Crippen LogP contribution in [0.3, 0.4) is 0 Å². The quantitative estimate of drug-likeness (QED) is 0.620. The van der Waals surface area contributed by atoms with Gasteiger partial charge in [0.2, 0.25) is 11.1 Å². The highest BCUT2D eigenvalue weighted by molar-refractivity contribution is 9.10. The molecule has 24 heavy (non-hydrogen) atoms. The summed E-state index contributed by atoms with van der Waals surface area (Å²) in [5.41, 5.74) is 0.871. The minimum atomic E-state index is 0.136. The minimum absolute atomic E-state index is 0.136. The van der Waals surface area contributed by atoms with Crippen LogP contribution in [0, 0.1) is 5.92 Å². The lowest BCUT2D eigenvalue weighted by molar-refractivity contribution is -0.129. The summed E-state index contributed by atoms with van der Waals surface area (Å²) >= 11 is 4.82. The molecule has 0 bridgehead atoms. The number of carbonyl (C=O) groups is 1. The van der Waals surface area contributed by atoms with Crippen LogP contribution in [-0.4, -0.2) is 44.5 Å². The number of likely N-dealkylation sites (tertiary alicyclic amines) is 1. The van der Waals surface area contributed by atoms with Crippen molar-refractivity contribution in [3.05, 3.63) is 28.7 Å². The third-order valence-electron chi connectivity index (χ3n) is 4.24. The molecule has 0 atom stereocenters. The second-order valence-corrected chi connectivity index (χ2v) is 7.80. The highest BCUT2D eigenvalue weighted by atomic mass is 79.9. The van der Waals surface area contributed by atoms with Gasteiger partial charge in [0, 0.05) is 23.1 Å². The summed E-state index contributed by atoms with van der Waals surface area (Å²) in [4.78, 5) is 14.2. The van der Waals surface area contributed by atoms with Crippen molar-refractivity contribution in [3.63, 3.8) is 0 Å². The summed E-state index contributed by atoms with van der Waals surface area (Å²) in [5, 5.41) is 8.82. The molecule has 0 radical (unpaired) electrons. The van der Waals surface area contributed by atoms with Crippen LogP contribution in [0.15, 0.2) is 33.9 Å². The number of thioether (sulfide) groups is 1. The molecule has 1 aromatic heterocycles. The molecule has 1 saturated heterocycles. The van der Waals surface area contributed by atoms with E-state index in [1.54, 1.807) is 0 Å². The predicted octanol–water partition coefficient (Wildman–Crippen LogP) is 2.77. The summed E-state index contributed by atoms with van der Waals surface area (Å²) in [6.07, 6.45) is 2.16. The zero-order chi connectivity index (χ0) is 17.1. The normalized spacial score (nSPS) is 15.7. The summed E-state index contributed by atoms with van der Waals surface area (Å²) in [7, 11) is 0. The average molecular weight is 410 g/mol. The molecule has 3 rings (SSSR count). The Kier molecular flexibility index (Phi) is 5.45. The molecule has 2 N–H and O–H groups in total. The van der Waals surface area contributed by atoms with Gasteiger partial charge in [0.25, 0.3) is 0 Å². The molecule has 0 saturated carbocycles. The largest absolute Gasteiger partial charge is 0.342 e. The first-order valence-corrected chi connectivity index (χ1v) is 9.70. The number of rotatable bonds is 4. The fourth-order valence-electron chi connectivity index (χ4n) is 2.68. The van der Waals surface area contributed by atoms with E-state index in [2.05, 4.69) is 33.1 Å². The van der Waals surface area contributed by atoms with Crippen molar-refractivity contribution < 1.29 is 4.79 Å². The zero-order valence-corrected chi connectivity index (χ0v) is 15.9. The molecular formula is C16H20BrN5OS. The van der Waals surface area contributed by atoms with Crippen molar-refractivity contribution in [2.75, 3.05) is 24.7 Å². The Morgan fingerprint density at radius 1 is 1.33 bits per heavy atom. The molecule has 1 aliphatic heterocycles. The fraction of sp³-hybridized carbons (Fsp3) is 0.438. The van der Waals surface area contributed by atoms with Crippen LogP contribution in [0.2, 0.25) is 0 Å². The Morgan fingerprint density at radius 3 is 2.75 bits per heavy atom. The first-order chi connectivity index (χ1) is 11.6. The fourth-order valence-corrected chi connectivity index (χ4v) is 3.90. The molecule has 1 fully saturated rings. The van der Waals surface area contributed by atoms with Gasteiger partial charge >= 0.3 is 0 Å². The number of amides is 1. The number of nitrogens with two attached hydrogens (primary N) is 1. The molecule has 6 nitrogen and oxygen atoms in total. The maximum absolute atomic E-state index is 12.3. The van der Waals surface area contributed by atoms with Crippen molar-refractivity contribution in [1.29, 1.82) is 0 Å². The Bertz CT molecular complexity index is 727. The van der Waals surface area contributed by atoms with Gasteiger partial charge in [-0.1, -0.05) is 46.7 Å². The number of hydrogen-bond donors (Lipinski definition) is 1. The molecule has 2 aromatic rings.